The summed E-state index contributed by atoms with van der Waals surface area (Å²) in [4.78, 5) is 12.2. The average molecular weight is 288 g/mol. The third-order valence-corrected chi connectivity index (χ3v) is 3.15. The van der Waals surface area contributed by atoms with E-state index in [9.17, 15) is 4.79 Å². The lowest BCUT2D eigenvalue weighted by Gasteiger charge is -2.11. The molecular formula is C16H20N2O3. The van der Waals surface area contributed by atoms with Crippen molar-refractivity contribution in [3.8, 4) is 5.75 Å². The molecule has 1 aromatic carbocycles. The summed E-state index contributed by atoms with van der Waals surface area (Å²) in [6.45, 7) is 4.79. The fraction of sp³-hybridized carbons (Fsp3) is 0.312. The van der Waals surface area contributed by atoms with Gasteiger partial charge in [0, 0.05) is 24.2 Å². The number of rotatable bonds is 6. The third-order valence-electron chi connectivity index (χ3n) is 3.15. The number of ether oxygens (including phenoxy) is 1. The van der Waals surface area contributed by atoms with Crippen molar-refractivity contribution >= 4 is 11.6 Å². The molecule has 112 valence electrons. The largest absolute Gasteiger partial charge is 0.494 e. The van der Waals surface area contributed by atoms with Crippen LogP contribution in [-0.4, -0.2) is 12.5 Å². The molecule has 3 N–H and O–H groups in total. The van der Waals surface area contributed by atoms with Crippen molar-refractivity contribution in [1.82, 2.24) is 0 Å². The second-order valence-electron chi connectivity index (χ2n) is 4.52. The molecule has 0 saturated heterocycles. The number of nitrogens with two attached hydrogens (primary N) is 1. The number of furan rings is 1. The first-order chi connectivity index (χ1) is 10.2. The van der Waals surface area contributed by atoms with E-state index in [1.54, 1.807) is 12.1 Å². The van der Waals surface area contributed by atoms with Crippen LogP contribution < -0.4 is 15.8 Å². The van der Waals surface area contributed by atoms with E-state index >= 15 is 0 Å². The van der Waals surface area contributed by atoms with Crippen LogP contribution in [0.3, 0.4) is 0 Å². The molecule has 1 amide bonds. The van der Waals surface area contributed by atoms with E-state index in [0.717, 1.165) is 11.3 Å². The predicted molar refractivity (Wildman–Crippen MR) is 81.5 cm³/mol. The summed E-state index contributed by atoms with van der Waals surface area (Å²) in [5.74, 6) is 1.24. The van der Waals surface area contributed by atoms with E-state index in [1.807, 2.05) is 26.0 Å². The smallest absolute Gasteiger partial charge is 0.259 e. The summed E-state index contributed by atoms with van der Waals surface area (Å²) in [6.07, 6.45) is 2.20. The van der Waals surface area contributed by atoms with Crippen molar-refractivity contribution < 1.29 is 13.9 Å². The van der Waals surface area contributed by atoms with Crippen LogP contribution in [0.4, 0.5) is 5.69 Å². The van der Waals surface area contributed by atoms with Crippen LogP contribution >= 0.6 is 0 Å². The Bertz CT molecular complexity index is 620. The quantitative estimate of drug-likeness (QED) is 0.856. The minimum absolute atomic E-state index is 0.187. The van der Waals surface area contributed by atoms with Crippen molar-refractivity contribution in [2.24, 2.45) is 5.73 Å². The highest BCUT2D eigenvalue weighted by Gasteiger charge is 2.14. The maximum Gasteiger partial charge on any atom is 0.259 e. The van der Waals surface area contributed by atoms with Gasteiger partial charge in [0.1, 0.15) is 11.5 Å². The monoisotopic (exact) mass is 288 g/mol. The van der Waals surface area contributed by atoms with E-state index in [1.165, 1.54) is 6.26 Å². The lowest BCUT2D eigenvalue weighted by molar-refractivity contribution is 0.102. The fourth-order valence-corrected chi connectivity index (χ4v) is 2.13. The molecule has 5 heteroatoms. The van der Waals surface area contributed by atoms with Gasteiger partial charge in [0.15, 0.2) is 0 Å². The summed E-state index contributed by atoms with van der Waals surface area (Å²) < 4.78 is 10.8. The predicted octanol–water partition coefficient (Wildman–Crippen LogP) is 2.95. The molecule has 0 fully saturated rings. The summed E-state index contributed by atoms with van der Waals surface area (Å²) >= 11 is 0. The van der Waals surface area contributed by atoms with Gasteiger partial charge in [0.25, 0.3) is 5.91 Å². The first-order valence-electron chi connectivity index (χ1n) is 7.03. The first-order valence-corrected chi connectivity index (χ1v) is 7.03. The Morgan fingerprint density at radius 3 is 2.81 bits per heavy atom. The molecule has 0 bridgehead atoms. The summed E-state index contributed by atoms with van der Waals surface area (Å²) in [7, 11) is 0. The van der Waals surface area contributed by atoms with Gasteiger partial charge in [0.2, 0.25) is 0 Å². The van der Waals surface area contributed by atoms with Gasteiger partial charge < -0.3 is 20.2 Å². The van der Waals surface area contributed by atoms with E-state index in [2.05, 4.69) is 5.32 Å². The molecule has 0 radical (unpaired) electrons. The Hall–Kier alpha value is -2.27. The average Bonchev–Trinajstić information content (AvgIpc) is 2.97. The van der Waals surface area contributed by atoms with E-state index in [0.29, 0.717) is 36.6 Å². The van der Waals surface area contributed by atoms with Gasteiger partial charge in [-0.15, -0.1) is 0 Å². The zero-order valence-corrected chi connectivity index (χ0v) is 12.3. The highest BCUT2D eigenvalue weighted by molar-refractivity contribution is 6.05. The summed E-state index contributed by atoms with van der Waals surface area (Å²) in [5, 5.41) is 2.85. The molecule has 2 aromatic rings. The van der Waals surface area contributed by atoms with Crippen LogP contribution in [0.25, 0.3) is 0 Å². The molecule has 5 nitrogen and oxygen atoms in total. The van der Waals surface area contributed by atoms with Gasteiger partial charge in [-0.05, 0) is 31.2 Å². The fourth-order valence-electron chi connectivity index (χ4n) is 2.13. The SMILES string of the molecule is CCOc1ccc(NC(=O)c2ccoc2CC)cc1CN. The minimum atomic E-state index is -0.187. The number of hydrogen-bond donors (Lipinski definition) is 2. The molecule has 0 saturated carbocycles. The van der Waals surface area contributed by atoms with Gasteiger partial charge in [-0.2, -0.15) is 0 Å². The normalized spacial score (nSPS) is 10.4. The zero-order valence-electron chi connectivity index (χ0n) is 12.3. The van der Waals surface area contributed by atoms with Crippen LogP contribution in [0.5, 0.6) is 5.75 Å². The number of amides is 1. The molecule has 1 heterocycles. The second kappa shape index (κ2) is 6.95. The van der Waals surface area contributed by atoms with Crippen LogP contribution in [0.15, 0.2) is 34.9 Å². The number of carbonyl (C=O) groups is 1. The molecule has 0 atom stereocenters. The molecule has 1 aromatic heterocycles. The van der Waals surface area contributed by atoms with Crippen LogP contribution in [-0.2, 0) is 13.0 Å². The number of benzene rings is 1. The molecule has 0 unspecified atom stereocenters. The Labute approximate surface area is 124 Å². The molecule has 0 aliphatic rings. The van der Waals surface area contributed by atoms with E-state index < -0.39 is 0 Å². The standard InChI is InChI=1S/C16H20N2O3/c1-3-14-13(7-8-21-14)16(19)18-12-5-6-15(20-4-2)11(9-12)10-17/h5-9H,3-4,10,17H2,1-2H3,(H,18,19). The van der Waals surface area contributed by atoms with Crippen molar-refractivity contribution in [2.45, 2.75) is 26.8 Å². The maximum atomic E-state index is 12.2. The lowest BCUT2D eigenvalue weighted by Crippen LogP contribution is -2.13. The lowest BCUT2D eigenvalue weighted by atomic mass is 10.1. The van der Waals surface area contributed by atoms with Crippen molar-refractivity contribution in [3.63, 3.8) is 0 Å². The Kier molecular flexibility index (Phi) is 5.00. The molecule has 0 aliphatic carbocycles. The van der Waals surface area contributed by atoms with E-state index in [4.69, 9.17) is 14.9 Å². The second-order valence-corrected chi connectivity index (χ2v) is 4.52. The van der Waals surface area contributed by atoms with E-state index in [-0.39, 0.29) is 5.91 Å². The summed E-state index contributed by atoms with van der Waals surface area (Å²) in [6, 6.07) is 7.12. The van der Waals surface area contributed by atoms with Crippen LogP contribution in [0.2, 0.25) is 0 Å². The first kappa shape index (κ1) is 15.1. The summed E-state index contributed by atoms with van der Waals surface area (Å²) in [5.41, 5.74) is 7.82. The molecular weight excluding hydrogens is 268 g/mol. The van der Waals surface area contributed by atoms with Gasteiger partial charge in [-0.3, -0.25) is 4.79 Å². The van der Waals surface area contributed by atoms with Gasteiger partial charge >= 0.3 is 0 Å². The number of hydrogen-bond acceptors (Lipinski definition) is 4. The van der Waals surface area contributed by atoms with Crippen LogP contribution in [0.1, 0.15) is 35.5 Å². The van der Waals surface area contributed by atoms with Crippen molar-refractivity contribution in [1.29, 1.82) is 0 Å². The Balaban J connectivity index is 2.18. The maximum absolute atomic E-state index is 12.2. The molecule has 0 aliphatic heterocycles. The van der Waals surface area contributed by atoms with Gasteiger partial charge in [0.05, 0.1) is 18.4 Å². The highest BCUT2D eigenvalue weighted by atomic mass is 16.5. The third kappa shape index (κ3) is 3.44. The van der Waals surface area contributed by atoms with Crippen molar-refractivity contribution in [2.75, 3.05) is 11.9 Å². The topological polar surface area (TPSA) is 77.5 Å². The van der Waals surface area contributed by atoms with Gasteiger partial charge in [-0.1, -0.05) is 6.92 Å². The molecule has 2 rings (SSSR count). The number of nitrogens with one attached hydrogen (secondary N) is 1. The highest BCUT2D eigenvalue weighted by Crippen LogP contribution is 2.23. The Morgan fingerprint density at radius 2 is 2.14 bits per heavy atom. The minimum Gasteiger partial charge on any atom is -0.494 e. The molecule has 21 heavy (non-hydrogen) atoms. The van der Waals surface area contributed by atoms with Gasteiger partial charge in [-0.25, -0.2) is 0 Å². The number of carbonyl (C=O) groups excluding carboxylic acids is 1. The zero-order chi connectivity index (χ0) is 15.2. The Morgan fingerprint density at radius 1 is 1.33 bits per heavy atom. The van der Waals surface area contributed by atoms with Crippen molar-refractivity contribution in [3.05, 3.63) is 47.4 Å². The number of aryl methyl sites for hydroxylation is 1. The molecule has 0 spiro atoms. The van der Waals surface area contributed by atoms with Crippen LogP contribution in [0, 0.1) is 0 Å². The number of anilines is 1.